The fourth-order valence-corrected chi connectivity index (χ4v) is 1.75. The number of hydrogen-bond acceptors (Lipinski definition) is 2. The van der Waals surface area contributed by atoms with Gasteiger partial charge in [0.1, 0.15) is 11.6 Å². The molecule has 0 bridgehead atoms. The molecule has 3 nitrogen and oxygen atoms in total. The third kappa shape index (κ3) is 3.03. The third-order valence-electron chi connectivity index (χ3n) is 2.66. The summed E-state index contributed by atoms with van der Waals surface area (Å²) in [5, 5.41) is 12.0. The quantitative estimate of drug-likeness (QED) is 0.880. The molecule has 2 aromatic rings. The number of hydrogen-bond donors (Lipinski definition) is 2. The van der Waals surface area contributed by atoms with E-state index in [-0.39, 0.29) is 16.3 Å². The van der Waals surface area contributed by atoms with E-state index in [1.807, 2.05) is 0 Å². The number of halogens is 2. The topological polar surface area (TPSA) is 49.3 Å². The fourth-order valence-electron chi connectivity index (χ4n) is 1.57. The highest BCUT2D eigenvalue weighted by atomic mass is 35.5. The molecule has 19 heavy (non-hydrogen) atoms. The van der Waals surface area contributed by atoms with Gasteiger partial charge in [0.2, 0.25) is 0 Å². The van der Waals surface area contributed by atoms with Crippen LogP contribution >= 0.6 is 11.6 Å². The predicted octanol–water partition coefficient (Wildman–Crippen LogP) is 3.75. The Hall–Kier alpha value is -2.07. The average Bonchev–Trinajstić information content (AvgIpc) is 2.37. The lowest BCUT2D eigenvalue weighted by molar-refractivity contribution is 0.102. The fraction of sp³-hybridized carbons (Fsp3) is 0.0714. The molecule has 0 saturated carbocycles. The molecule has 2 rings (SSSR count). The molecule has 0 radical (unpaired) electrons. The van der Waals surface area contributed by atoms with Gasteiger partial charge < -0.3 is 10.4 Å². The lowest BCUT2D eigenvalue weighted by atomic mass is 10.1. The van der Waals surface area contributed by atoms with Gasteiger partial charge >= 0.3 is 0 Å². The van der Waals surface area contributed by atoms with Gasteiger partial charge in [-0.05, 0) is 42.8 Å². The smallest absolute Gasteiger partial charge is 0.255 e. The molecular formula is C14H11ClFNO2. The number of phenolic OH excluding ortho intramolecular Hbond substituents is 1. The maximum atomic E-state index is 13.1. The summed E-state index contributed by atoms with van der Waals surface area (Å²) in [6.45, 7) is 1.76. The number of aromatic hydroxyl groups is 1. The first-order valence-electron chi connectivity index (χ1n) is 5.53. The molecular weight excluding hydrogens is 269 g/mol. The zero-order valence-electron chi connectivity index (χ0n) is 10.1. The molecule has 0 aliphatic heterocycles. The minimum atomic E-state index is -0.426. The van der Waals surface area contributed by atoms with Crippen LogP contribution in [0.5, 0.6) is 5.75 Å². The van der Waals surface area contributed by atoms with E-state index in [1.54, 1.807) is 13.0 Å². The number of carbonyl (C=O) groups excluding carboxylic acids is 1. The summed E-state index contributed by atoms with van der Waals surface area (Å²) in [7, 11) is 0. The predicted molar refractivity (Wildman–Crippen MR) is 72.2 cm³/mol. The Morgan fingerprint density at radius 3 is 2.68 bits per heavy atom. The van der Waals surface area contributed by atoms with E-state index in [9.17, 15) is 14.3 Å². The Labute approximate surface area is 114 Å². The molecule has 0 atom stereocenters. The van der Waals surface area contributed by atoms with Crippen LogP contribution in [0.3, 0.4) is 0 Å². The molecule has 2 aromatic carbocycles. The summed E-state index contributed by atoms with van der Waals surface area (Å²) in [6.07, 6.45) is 0. The Morgan fingerprint density at radius 2 is 2.00 bits per heavy atom. The SMILES string of the molecule is Cc1ccc(F)cc1NC(=O)c1ccc(O)c(Cl)c1. The lowest BCUT2D eigenvalue weighted by Gasteiger charge is -2.09. The molecule has 0 saturated heterocycles. The van der Waals surface area contributed by atoms with Crippen molar-refractivity contribution >= 4 is 23.2 Å². The molecule has 0 spiro atoms. The van der Waals surface area contributed by atoms with Crippen LogP contribution in [0.4, 0.5) is 10.1 Å². The van der Waals surface area contributed by atoms with Gasteiger partial charge in [0.05, 0.1) is 5.02 Å². The zero-order chi connectivity index (χ0) is 14.0. The maximum Gasteiger partial charge on any atom is 0.255 e. The van der Waals surface area contributed by atoms with E-state index in [1.165, 1.54) is 30.3 Å². The molecule has 5 heteroatoms. The van der Waals surface area contributed by atoms with Crippen molar-refractivity contribution in [1.82, 2.24) is 0 Å². The Morgan fingerprint density at radius 1 is 1.26 bits per heavy atom. The van der Waals surface area contributed by atoms with Gasteiger partial charge in [0.25, 0.3) is 5.91 Å². The van der Waals surface area contributed by atoms with Crippen LogP contribution in [-0.2, 0) is 0 Å². The number of aryl methyl sites for hydroxylation is 1. The number of benzene rings is 2. The van der Waals surface area contributed by atoms with Crippen molar-refractivity contribution in [1.29, 1.82) is 0 Å². The van der Waals surface area contributed by atoms with E-state index >= 15 is 0 Å². The van der Waals surface area contributed by atoms with Crippen molar-refractivity contribution in [3.8, 4) is 5.75 Å². The number of anilines is 1. The van der Waals surface area contributed by atoms with E-state index in [2.05, 4.69) is 5.32 Å². The number of rotatable bonds is 2. The van der Waals surface area contributed by atoms with E-state index < -0.39 is 11.7 Å². The van der Waals surface area contributed by atoms with Crippen molar-refractivity contribution in [2.45, 2.75) is 6.92 Å². The van der Waals surface area contributed by atoms with E-state index in [0.717, 1.165) is 5.56 Å². The van der Waals surface area contributed by atoms with Crippen LogP contribution in [0.15, 0.2) is 36.4 Å². The van der Waals surface area contributed by atoms with Crippen LogP contribution in [-0.4, -0.2) is 11.0 Å². The molecule has 0 unspecified atom stereocenters. The highest BCUT2D eigenvalue weighted by Gasteiger charge is 2.10. The van der Waals surface area contributed by atoms with Crippen molar-refractivity contribution in [2.75, 3.05) is 5.32 Å². The molecule has 0 fully saturated rings. The van der Waals surface area contributed by atoms with Crippen molar-refractivity contribution in [2.24, 2.45) is 0 Å². The van der Waals surface area contributed by atoms with Gasteiger partial charge in [-0.2, -0.15) is 0 Å². The molecule has 0 aliphatic rings. The molecule has 2 N–H and O–H groups in total. The minimum absolute atomic E-state index is 0.0867. The van der Waals surface area contributed by atoms with Gasteiger partial charge in [-0.3, -0.25) is 4.79 Å². The van der Waals surface area contributed by atoms with E-state index in [0.29, 0.717) is 5.69 Å². The first-order valence-corrected chi connectivity index (χ1v) is 5.91. The Kier molecular flexibility index (Phi) is 3.71. The van der Waals surface area contributed by atoms with Gasteiger partial charge in [0, 0.05) is 11.3 Å². The highest BCUT2D eigenvalue weighted by Crippen LogP contribution is 2.24. The molecule has 0 aromatic heterocycles. The zero-order valence-corrected chi connectivity index (χ0v) is 10.8. The maximum absolute atomic E-state index is 13.1. The molecule has 98 valence electrons. The highest BCUT2D eigenvalue weighted by molar-refractivity contribution is 6.32. The van der Waals surface area contributed by atoms with Gasteiger partial charge in [-0.15, -0.1) is 0 Å². The van der Waals surface area contributed by atoms with Crippen molar-refractivity contribution in [3.05, 3.63) is 58.4 Å². The number of nitrogens with one attached hydrogen (secondary N) is 1. The molecule has 0 aliphatic carbocycles. The van der Waals surface area contributed by atoms with Crippen molar-refractivity contribution < 1.29 is 14.3 Å². The standard InChI is InChI=1S/C14H11ClFNO2/c1-8-2-4-10(16)7-12(8)17-14(19)9-3-5-13(18)11(15)6-9/h2-7,18H,1H3,(H,17,19). The Bertz CT molecular complexity index is 643. The Balaban J connectivity index is 2.25. The third-order valence-corrected chi connectivity index (χ3v) is 2.96. The largest absolute Gasteiger partial charge is 0.506 e. The van der Waals surface area contributed by atoms with Crippen molar-refractivity contribution in [3.63, 3.8) is 0 Å². The lowest BCUT2D eigenvalue weighted by Crippen LogP contribution is -2.12. The van der Waals surface area contributed by atoms with Crippen LogP contribution in [0.1, 0.15) is 15.9 Å². The summed E-state index contributed by atoms with van der Waals surface area (Å²) in [6, 6.07) is 8.26. The minimum Gasteiger partial charge on any atom is -0.506 e. The van der Waals surface area contributed by atoms with Gasteiger partial charge in [0.15, 0.2) is 0 Å². The summed E-state index contributed by atoms with van der Waals surface area (Å²) in [4.78, 5) is 12.0. The first-order chi connectivity index (χ1) is 8.97. The van der Waals surface area contributed by atoms with E-state index in [4.69, 9.17) is 11.6 Å². The second kappa shape index (κ2) is 5.28. The summed E-state index contributed by atoms with van der Waals surface area (Å²) < 4.78 is 13.1. The van der Waals surface area contributed by atoms with Gasteiger partial charge in [-0.1, -0.05) is 17.7 Å². The van der Waals surface area contributed by atoms with Gasteiger partial charge in [-0.25, -0.2) is 4.39 Å². The second-order valence-electron chi connectivity index (χ2n) is 4.08. The molecule has 1 amide bonds. The van der Waals surface area contributed by atoms with Crippen LogP contribution in [0.2, 0.25) is 5.02 Å². The van der Waals surface area contributed by atoms with Crippen LogP contribution in [0.25, 0.3) is 0 Å². The normalized spacial score (nSPS) is 10.3. The number of carbonyl (C=O) groups is 1. The van der Waals surface area contributed by atoms with Crippen LogP contribution in [0, 0.1) is 12.7 Å². The number of amides is 1. The second-order valence-corrected chi connectivity index (χ2v) is 4.49. The summed E-state index contributed by atoms with van der Waals surface area (Å²) in [5.41, 5.74) is 1.43. The first kappa shape index (κ1) is 13.4. The summed E-state index contributed by atoms with van der Waals surface area (Å²) >= 11 is 5.73. The summed E-state index contributed by atoms with van der Waals surface area (Å²) in [5.74, 6) is -0.944. The monoisotopic (exact) mass is 279 g/mol. The molecule has 0 heterocycles. The average molecular weight is 280 g/mol. The van der Waals surface area contributed by atoms with Crippen LogP contribution < -0.4 is 5.32 Å². The number of phenols is 1.